The first-order valence-electron chi connectivity index (χ1n) is 8.92. The maximum absolute atomic E-state index is 13.7. The molecule has 2 aliphatic heterocycles. The zero-order valence-corrected chi connectivity index (χ0v) is 16.6. The Balaban J connectivity index is 1.93. The molecular formula is C21H18BrN3O2. The van der Waals surface area contributed by atoms with Gasteiger partial charge >= 0.3 is 0 Å². The molecule has 1 aromatic heterocycles. The van der Waals surface area contributed by atoms with Gasteiger partial charge < -0.3 is 14.8 Å². The second-order valence-electron chi connectivity index (χ2n) is 7.18. The van der Waals surface area contributed by atoms with Crippen LogP contribution >= 0.6 is 15.9 Å². The van der Waals surface area contributed by atoms with E-state index < -0.39 is 5.54 Å². The molecular weight excluding hydrogens is 406 g/mol. The van der Waals surface area contributed by atoms with Gasteiger partial charge in [0.15, 0.2) is 5.54 Å². The van der Waals surface area contributed by atoms with Crippen LogP contribution in [0, 0.1) is 0 Å². The van der Waals surface area contributed by atoms with Crippen molar-refractivity contribution < 1.29 is 9.59 Å². The molecule has 136 valence electrons. The molecule has 0 unspecified atom stereocenters. The lowest BCUT2D eigenvalue weighted by atomic mass is 9.80. The first-order chi connectivity index (χ1) is 13.0. The number of nitrogens with one attached hydrogen (secondary N) is 1. The number of fused-ring (bicyclic) bond motifs is 6. The number of hydrogen-bond acceptors (Lipinski definition) is 2. The van der Waals surface area contributed by atoms with Crippen molar-refractivity contribution in [1.29, 1.82) is 0 Å². The summed E-state index contributed by atoms with van der Waals surface area (Å²) in [5.41, 5.74) is 3.46. The van der Waals surface area contributed by atoms with Crippen LogP contribution in [0.3, 0.4) is 0 Å². The Hall–Kier alpha value is -2.60. The van der Waals surface area contributed by atoms with E-state index in [1.165, 1.54) is 0 Å². The van der Waals surface area contributed by atoms with Gasteiger partial charge in [-0.05, 0) is 36.2 Å². The number of benzene rings is 2. The quantitative estimate of drug-likeness (QED) is 0.600. The molecule has 0 fully saturated rings. The third kappa shape index (κ3) is 1.94. The molecule has 2 aliphatic rings. The predicted octanol–water partition coefficient (Wildman–Crippen LogP) is 3.56. The zero-order chi connectivity index (χ0) is 18.9. The average Bonchev–Trinajstić information content (AvgIpc) is 3.13. The first-order valence-corrected chi connectivity index (χ1v) is 9.72. The maximum atomic E-state index is 13.7. The van der Waals surface area contributed by atoms with Crippen molar-refractivity contribution in [2.75, 3.05) is 18.5 Å². The summed E-state index contributed by atoms with van der Waals surface area (Å²) in [5, 5.41) is 1.12. The van der Waals surface area contributed by atoms with Crippen LogP contribution in [-0.4, -0.2) is 35.3 Å². The van der Waals surface area contributed by atoms with Crippen LogP contribution in [-0.2, 0) is 21.5 Å². The van der Waals surface area contributed by atoms with Gasteiger partial charge in [-0.2, -0.15) is 0 Å². The number of carbonyl (C=O) groups excluding carboxylic acids is 2. The number of H-pyrrole nitrogens is 1. The Labute approximate surface area is 165 Å². The van der Waals surface area contributed by atoms with E-state index in [1.54, 1.807) is 23.8 Å². The number of aromatic amines is 1. The highest BCUT2D eigenvalue weighted by molar-refractivity contribution is 9.10. The fourth-order valence-corrected chi connectivity index (χ4v) is 5.11. The van der Waals surface area contributed by atoms with Gasteiger partial charge in [-0.25, -0.2) is 0 Å². The molecule has 6 heteroatoms. The van der Waals surface area contributed by atoms with Crippen molar-refractivity contribution >= 4 is 44.3 Å². The third-order valence-electron chi connectivity index (χ3n) is 5.87. The molecule has 0 saturated heterocycles. The molecule has 1 spiro atoms. The molecule has 27 heavy (non-hydrogen) atoms. The molecule has 3 aromatic rings. The molecule has 3 heterocycles. The van der Waals surface area contributed by atoms with Crippen LogP contribution in [0.15, 0.2) is 46.9 Å². The van der Waals surface area contributed by atoms with Crippen molar-refractivity contribution in [3.63, 3.8) is 0 Å². The second kappa shape index (κ2) is 5.45. The van der Waals surface area contributed by atoms with Crippen LogP contribution in [0.5, 0.6) is 0 Å². The van der Waals surface area contributed by atoms with Gasteiger partial charge in [0.05, 0.1) is 5.69 Å². The van der Waals surface area contributed by atoms with Gasteiger partial charge in [0.1, 0.15) is 0 Å². The van der Waals surface area contributed by atoms with Crippen LogP contribution in [0.25, 0.3) is 10.9 Å². The smallest absolute Gasteiger partial charge is 0.263 e. The molecule has 0 radical (unpaired) electrons. The molecule has 1 N–H and O–H groups in total. The number of aromatic nitrogens is 1. The number of nitrogens with zero attached hydrogens (tertiary/aromatic N) is 2. The number of halogens is 1. The van der Waals surface area contributed by atoms with E-state index in [0.29, 0.717) is 6.54 Å². The highest BCUT2D eigenvalue weighted by atomic mass is 79.9. The van der Waals surface area contributed by atoms with Gasteiger partial charge in [-0.3, -0.25) is 9.59 Å². The largest absolute Gasteiger partial charge is 0.355 e. The summed E-state index contributed by atoms with van der Waals surface area (Å²) in [4.78, 5) is 33.2. The first kappa shape index (κ1) is 16.6. The van der Waals surface area contributed by atoms with Gasteiger partial charge in [0.25, 0.3) is 5.91 Å². The fraction of sp³-hybridized carbons (Fsp3) is 0.238. The summed E-state index contributed by atoms with van der Waals surface area (Å²) in [5.74, 6) is -0.202. The van der Waals surface area contributed by atoms with E-state index in [2.05, 4.69) is 27.0 Å². The lowest BCUT2D eigenvalue weighted by Crippen LogP contribution is -2.58. The van der Waals surface area contributed by atoms with Crippen molar-refractivity contribution in [1.82, 2.24) is 9.88 Å². The summed E-state index contributed by atoms with van der Waals surface area (Å²) in [7, 11) is 1.78. The van der Waals surface area contributed by atoms with E-state index in [0.717, 1.165) is 44.3 Å². The van der Waals surface area contributed by atoms with E-state index >= 15 is 0 Å². The maximum Gasteiger partial charge on any atom is 0.263 e. The summed E-state index contributed by atoms with van der Waals surface area (Å²) in [6.07, 6.45) is 0.723. The van der Waals surface area contributed by atoms with E-state index in [4.69, 9.17) is 0 Å². The van der Waals surface area contributed by atoms with E-state index in [1.807, 2.05) is 36.4 Å². The van der Waals surface area contributed by atoms with E-state index in [9.17, 15) is 9.59 Å². The Kier molecular flexibility index (Phi) is 3.35. The van der Waals surface area contributed by atoms with Gasteiger partial charge in [0, 0.05) is 47.1 Å². The van der Waals surface area contributed by atoms with Crippen molar-refractivity contribution in [3.05, 3.63) is 63.8 Å². The van der Waals surface area contributed by atoms with Gasteiger partial charge in [-0.15, -0.1) is 0 Å². The number of para-hydroxylation sites is 1. The number of likely N-dealkylation sites (N-methyl/N-ethyl adjacent to an activating group) is 1. The Bertz CT molecular complexity index is 1140. The molecule has 0 saturated carbocycles. The van der Waals surface area contributed by atoms with Crippen LogP contribution in [0.2, 0.25) is 0 Å². The van der Waals surface area contributed by atoms with Gasteiger partial charge in [0.2, 0.25) is 5.91 Å². The molecule has 1 atom stereocenters. The second-order valence-corrected chi connectivity index (χ2v) is 8.10. The SMILES string of the molecule is CC(=O)N1CCc2c([nH]c3ccccc23)[C@]12C(=O)N(C)c1ccc(Br)cc12. The van der Waals surface area contributed by atoms with Crippen molar-refractivity contribution in [3.8, 4) is 0 Å². The number of hydrogen-bond donors (Lipinski definition) is 1. The van der Waals surface area contributed by atoms with Crippen LogP contribution in [0.4, 0.5) is 5.69 Å². The molecule has 0 aliphatic carbocycles. The number of carbonyl (C=O) groups is 2. The zero-order valence-electron chi connectivity index (χ0n) is 15.0. The monoisotopic (exact) mass is 423 g/mol. The number of amides is 2. The third-order valence-corrected chi connectivity index (χ3v) is 6.36. The minimum atomic E-state index is -1.15. The van der Waals surface area contributed by atoms with Crippen LogP contribution < -0.4 is 4.90 Å². The Morgan fingerprint density at radius 1 is 1.22 bits per heavy atom. The normalized spacial score (nSPS) is 21.1. The number of anilines is 1. The Morgan fingerprint density at radius 3 is 2.78 bits per heavy atom. The van der Waals surface area contributed by atoms with Crippen molar-refractivity contribution in [2.45, 2.75) is 18.9 Å². The minimum Gasteiger partial charge on any atom is -0.355 e. The summed E-state index contributed by atoms with van der Waals surface area (Å²) in [6, 6.07) is 13.9. The average molecular weight is 424 g/mol. The minimum absolute atomic E-state index is 0.0988. The lowest BCUT2D eigenvalue weighted by molar-refractivity contribution is -0.143. The van der Waals surface area contributed by atoms with Crippen LogP contribution in [0.1, 0.15) is 23.7 Å². The van der Waals surface area contributed by atoms with Crippen molar-refractivity contribution in [2.24, 2.45) is 0 Å². The highest BCUT2D eigenvalue weighted by Crippen LogP contribution is 2.52. The molecule has 2 amide bonds. The molecule has 5 rings (SSSR count). The highest BCUT2D eigenvalue weighted by Gasteiger charge is 2.59. The molecule has 2 aromatic carbocycles. The number of rotatable bonds is 0. The topological polar surface area (TPSA) is 56.4 Å². The predicted molar refractivity (Wildman–Crippen MR) is 108 cm³/mol. The summed E-state index contributed by atoms with van der Waals surface area (Å²) >= 11 is 3.54. The fourth-order valence-electron chi connectivity index (χ4n) is 4.75. The Morgan fingerprint density at radius 2 is 2.00 bits per heavy atom. The standard InChI is InChI=1S/C21H18BrN3O2/c1-12(26)25-10-9-15-14-5-3-4-6-17(14)23-19(15)21(25)16-11-13(22)7-8-18(16)24(2)20(21)27/h3-8,11,23H,9-10H2,1-2H3/t21-/m1/s1. The summed E-state index contributed by atoms with van der Waals surface area (Å²) < 4.78 is 0.885. The molecule has 5 nitrogen and oxygen atoms in total. The molecule has 0 bridgehead atoms. The van der Waals surface area contributed by atoms with Gasteiger partial charge in [-0.1, -0.05) is 34.1 Å². The lowest BCUT2D eigenvalue weighted by Gasteiger charge is -2.43. The summed E-state index contributed by atoms with van der Waals surface area (Å²) in [6.45, 7) is 2.05. The van der Waals surface area contributed by atoms with E-state index in [-0.39, 0.29) is 11.8 Å².